The number of rotatable bonds is 9. The normalized spacial score (nSPS) is 14.0. The van der Waals surface area contributed by atoms with Gasteiger partial charge in [0, 0.05) is 37.2 Å². The van der Waals surface area contributed by atoms with Crippen molar-refractivity contribution in [2.24, 2.45) is 5.92 Å². The number of methoxy groups -OCH3 is 1. The number of carbonyl (C=O) groups is 1. The number of nitrogens with zero attached hydrogens (tertiary/aromatic N) is 1. The summed E-state index contributed by atoms with van der Waals surface area (Å²) in [6.45, 7) is 4.35. The Hall–Kier alpha value is -2.34. The molecule has 1 fully saturated rings. The van der Waals surface area contributed by atoms with Gasteiger partial charge in [-0.05, 0) is 43.4 Å². The minimum Gasteiger partial charge on any atom is -0.497 e. The van der Waals surface area contributed by atoms with Crippen LogP contribution in [0.4, 0.5) is 0 Å². The van der Waals surface area contributed by atoms with Crippen LogP contribution in [0.5, 0.6) is 5.75 Å². The van der Waals surface area contributed by atoms with Crippen molar-refractivity contribution < 1.29 is 18.7 Å². The van der Waals surface area contributed by atoms with Crippen LogP contribution < -0.4 is 10.4 Å². The summed E-state index contributed by atoms with van der Waals surface area (Å²) in [4.78, 5) is 25.9. The van der Waals surface area contributed by atoms with Crippen molar-refractivity contribution in [3.63, 3.8) is 0 Å². The molecule has 2 aromatic rings. The molecule has 0 spiro atoms. The van der Waals surface area contributed by atoms with Gasteiger partial charge in [0.1, 0.15) is 11.3 Å². The van der Waals surface area contributed by atoms with E-state index in [4.69, 9.17) is 13.9 Å². The van der Waals surface area contributed by atoms with Crippen LogP contribution in [0.25, 0.3) is 11.0 Å². The largest absolute Gasteiger partial charge is 0.497 e. The number of ether oxygens (including phenoxy) is 2. The molecule has 1 aliphatic carbocycles. The molecule has 26 heavy (non-hydrogen) atoms. The second-order valence-electron chi connectivity index (χ2n) is 6.69. The van der Waals surface area contributed by atoms with E-state index < -0.39 is 0 Å². The van der Waals surface area contributed by atoms with Gasteiger partial charge in [0.05, 0.1) is 20.1 Å². The summed E-state index contributed by atoms with van der Waals surface area (Å²) in [7, 11) is 1.58. The topological polar surface area (TPSA) is 69.0 Å². The Morgan fingerprint density at radius 2 is 2.12 bits per heavy atom. The van der Waals surface area contributed by atoms with E-state index in [0.717, 1.165) is 17.5 Å². The molecule has 1 saturated carbocycles. The third-order valence-electron chi connectivity index (χ3n) is 4.58. The lowest BCUT2D eigenvalue weighted by atomic mass is 10.1. The quantitative estimate of drug-likeness (QED) is 0.506. The summed E-state index contributed by atoms with van der Waals surface area (Å²) in [5, 5.41) is 0.891. The smallest absolute Gasteiger partial charge is 0.336 e. The minimum absolute atomic E-state index is 0.185. The van der Waals surface area contributed by atoms with Crippen LogP contribution in [0.15, 0.2) is 33.5 Å². The lowest BCUT2D eigenvalue weighted by molar-refractivity contribution is -0.143. The zero-order valence-corrected chi connectivity index (χ0v) is 15.3. The highest BCUT2D eigenvalue weighted by atomic mass is 16.5. The molecule has 1 aromatic heterocycles. The number of carbonyl (C=O) groups excluding carboxylic acids is 1. The second-order valence-corrected chi connectivity index (χ2v) is 6.69. The zero-order valence-electron chi connectivity index (χ0n) is 15.3. The Balaban J connectivity index is 1.80. The Labute approximate surface area is 152 Å². The predicted octanol–water partition coefficient (Wildman–Crippen LogP) is 2.97. The van der Waals surface area contributed by atoms with Gasteiger partial charge in [-0.15, -0.1) is 0 Å². The van der Waals surface area contributed by atoms with Crippen LogP contribution in [-0.4, -0.2) is 37.7 Å². The maximum Gasteiger partial charge on any atom is 0.336 e. The summed E-state index contributed by atoms with van der Waals surface area (Å²) < 4.78 is 15.6. The molecule has 0 bridgehead atoms. The van der Waals surface area contributed by atoms with Crippen molar-refractivity contribution >= 4 is 16.9 Å². The van der Waals surface area contributed by atoms with Gasteiger partial charge in [0.25, 0.3) is 0 Å². The highest BCUT2D eigenvalue weighted by Gasteiger charge is 2.25. The highest BCUT2D eigenvalue weighted by Crippen LogP contribution is 2.31. The van der Waals surface area contributed by atoms with Crippen molar-refractivity contribution in [1.82, 2.24) is 4.90 Å². The summed E-state index contributed by atoms with van der Waals surface area (Å²) in [5.41, 5.74) is 1.05. The first-order valence-corrected chi connectivity index (χ1v) is 9.07. The lowest BCUT2D eigenvalue weighted by Gasteiger charge is -2.22. The number of fused-ring (bicyclic) bond motifs is 1. The molecule has 0 atom stereocenters. The molecular formula is C20H25NO5. The molecule has 0 radical (unpaired) electrons. The number of hydrogen-bond donors (Lipinski definition) is 0. The predicted molar refractivity (Wildman–Crippen MR) is 98.3 cm³/mol. The fourth-order valence-electron chi connectivity index (χ4n) is 3.09. The maximum atomic E-state index is 12.0. The summed E-state index contributed by atoms with van der Waals surface area (Å²) in [5.74, 6) is 1.15. The standard InChI is InChI=1S/C20H25NO5/c1-3-25-19(22)8-9-21(12-14-4-5-14)13-15-10-20(23)26-18-11-16(24-2)6-7-17(15)18/h6-7,10-11,14H,3-5,8-9,12-13H2,1-2H3. The first-order valence-electron chi connectivity index (χ1n) is 9.07. The molecule has 0 unspecified atom stereocenters. The van der Waals surface area contributed by atoms with E-state index in [2.05, 4.69) is 4.90 Å². The molecule has 0 aliphatic heterocycles. The second kappa shape index (κ2) is 8.36. The van der Waals surface area contributed by atoms with Crippen LogP contribution in [0.3, 0.4) is 0 Å². The molecule has 1 aliphatic rings. The molecule has 0 saturated heterocycles. The third-order valence-corrected chi connectivity index (χ3v) is 4.58. The fraction of sp³-hybridized carbons (Fsp3) is 0.500. The summed E-state index contributed by atoms with van der Waals surface area (Å²) in [6.07, 6.45) is 2.81. The van der Waals surface area contributed by atoms with Crippen LogP contribution in [0, 0.1) is 5.92 Å². The van der Waals surface area contributed by atoms with Gasteiger partial charge >= 0.3 is 11.6 Å². The van der Waals surface area contributed by atoms with E-state index in [-0.39, 0.29) is 11.6 Å². The van der Waals surface area contributed by atoms with E-state index >= 15 is 0 Å². The molecule has 140 valence electrons. The van der Waals surface area contributed by atoms with Crippen molar-refractivity contribution in [2.75, 3.05) is 26.8 Å². The van der Waals surface area contributed by atoms with E-state index in [0.29, 0.717) is 43.4 Å². The Morgan fingerprint density at radius 1 is 1.31 bits per heavy atom. The molecular weight excluding hydrogens is 334 g/mol. The van der Waals surface area contributed by atoms with Crippen LogP contribution in [0.1, 0.15) is 31.7 Å². The van der Waals surface area contributed by atoms with Gasteiger partial charge in [-0.25, -0.2) is 4.79 Å². The maximum absolute atomic E-state index is 12.0. The molecule has 0 amide bonds. The van der Waals surface area contributed by atoms with E-state index in [9.17, 15) is 9.59 Å². The van der Waals surface area contributed by atoms with Gasteiger partial charge in [-0.1, -0.05) is 0 Å². The van der Waals surface area contributed by atoms with Crippen molar-refractivity contribution in [3.05, 3.63) is 40.2 Å². The number of benzene rings is 1. The number of esters is 1. The summed E-state index contributed by atoms with van der Waals surface area (Å²) >= 11 is 0. The Bertz CT molecular complexity index is 825. The molecule has 0 N–H and O–H groups in total. The lowest BCUT2D eigenvalue weighted by Crippen LogP contribution is -2.29. The molecule has 6 heteroatoms. The Kier molecular flexibility index (Phi) is 5.93. The first-order chi connectivity index (χ1) is 12.6. The average molecular weight is 359 g/mol. The van der Waals surface area contributed by atoms with Crippen molar-refractivity contribution in [1.29, 1.82) is 0 Å². The molecule has 3 rings (SSSR count). The fourth-order valence-corrected chi connectivity index (χ4v) is 3.09. The van der Waals surface area contributed by atoms with Crippen molar-refractivity contribution in [2.45, 2.75) is 32.7 Å². The van der Waals surface area contributed by atoms with Gasteiger partial charge in [0.2, 0.25) is 0 Å². The zero-order chi connectivity index (χ0) is 18.5. The van der Waals surface area contributed by atoms with Gasteiger partial charge in [-0.3, -0.25) is 9.69 Å². The molecule has 1 heterocycles. The van der Waals surface area contributed by atoms with E-state index in [1.54, 1.807) is 19.2 Å². The van der Waals surface area contributed by atoms with Crippen molar-refractivity contribution in [3.8, 4) is 5.75 Å². The van der Waals surface area contributed by atoms with E-state index in [1.807, 2.05) is 19.1 Å². The SMILES string of the molecule is CCOC(=O)CCN(Cc1cc(=O)oc2cc(OC)ccc12)CC1CC1. The van der Waals surface area contributed by atoms with Gasteiger partial charge in [0.15, 0.2) is 0 Å². The van der Waals surface area contributed by atoms with Crippen LogP contribution >= 0.6 is 0 Å². The van der Waals surface area contributed by atoms with Gasteiger partial charge in [-0.2, -0.15) is 0 Å². The minimum atomic E-state index is -0.377. The molecule has 1 aromatic carbocycles. The third kappa shape index (κ3) is 4.85. The number of hydrogen-bond acceptors (Lipinski definition) is 6. The van der Waals surface area contributed by atoms with Crippen LogP contribution in [-0.2, 0) is 16.1 Å². The van der Waals surface area contributed by atoms with Crippen LogP contribution in [0.2, 0.25) is 0 Å². The monoisotopic (exact) mass is 359 g/mol. The summed E-state index contributed by atoms with van der Waals surface area (Å²) in [6, 6.07) is 7.03. The highest BCUT2D eigenvalue weighted by molar-refractivity contribution is 5.81. The Morgan fingerprint density at radius 3 is 2.81 bits per heavy atom. The molecule has 6 nitrogen and oxygen atoms in total. The van der Waals surface area contributed by atoms with Gasteiger partial charge < -0.3 is 13.9 Å². The van der Waals surface area contributed by atoms with E-state index in [1.165, 1.54) is 12.8 Å². The average Bonchev–Trinajstić information content (AvgIpc) is 3.43. The first kappa shape index (κ1) is 18.5.